The van der Waals surface area contributed by atoms with E-state index >= 15 is 0 Å². The second kappa shape index (κ2) is 6.45. The Labute approximate surface area is 132 Å². The fourth-order valence-electron chi connectivity index (χ4n) is 2.06. The number of rotatable bonds is 3. The van der Waals surface area contributed by atoms with Crippen LogP contribution in [-0.2, 0) is 9.59 Å². The number of amides is 2. The van der Waals surface area contributed by atoms with E-state index in [2.05, 4.69) is 10.5 Å². The van der Waals surface area contributed by atoms with E-state index in [4.69, 9.17) is 23.2 Å². The average molecular weight is 328 g/mol. The summed E-state index contributed by atoms with van der Waals surface area (Å²) in [6.45, 7) is 1.87. The van der Waals surface area contributed by atoms with Crippen LogP contribution >= 0.6 is 23.2 Å². The van der Waals surface area contributed by atoms with Crippen LogP contribution in [0.5, 0.6) is 0 Å². The van der Waals surface area contributed by atoms with Gasteiger partial charge in [0.05, 0.1) is 6.04 Å². The Bertz CT molecular complexity index is 616. The molecule has 0 saturated heterocycles. The molecule has 1 heterocycles. The van der Waals surface area contributed by atoms with Gasteiger partial charge >= 0.3 is 0 Å². The predicted octanol–water partition coefficient (Wildman–Crippen LogP) is 2.78. The van der Waals surface area contributed by atoms with E-state index in [0.717, 1.165) is 5.56 Å². The maximum atomic E-state index is 12.4. The van der Waals surface area contributed by atoms with Crippen LogP contribution in [0, 0.1) is 0 Å². The normalized spacial score (nSPS) is 16.0. The van der Waals surface area contributed by atoms with Crippen LogP contribution in [0.4, 0.5) is 0 Å². The summed E-state index contributed by atoms with van der Waals surface area (Å²) in [5, 5.41) is 4.87. The number of nitrogens with one attached hydrogen (secondary N) is 1. The highest BCUT2D eigenvalue weighted by Crippen LogP contribution is 2.29. The molecule has 0 radical (unpaired) electrons. The van der Waals surface area contributed by atoms with Gasteiger partial charge in [-0.15, -0.1) is 0 Å². The van der Waals surface area contributed by atoms with Crippen molar-refractivity contribution < 1.29 is 9.59 Å². The third kappa shape index (κ3) is 3.54. The van der Waals surface area contributed by atoms with Crippen molar-refractivity contribution in [2.45, 2.75) is 25.8 Å². The molecule has 0 fully saturated rings. The third-order valence-corrected chi connectivity index (χ3v) is 4.03. The largest absolute Gasteiger partial charge is 0.334 e. The Hall–Kier alpha value is -1.59. The van der Waals surface area contributed by atoms with Crippen molar-refractivity contribution in [2.24, 2.45) is 5.10 Å². The molecular formula is C14H15Cl2N3O2. The van der Waals surface area contributed by atoms with Crippen molar-refractivity contribution in [2.75, 3.05) is 7.05 Å². The Morgan fingerprint density at radius 1 is 1.38 bits per heavy atom. The number of benzene rings is 1. The molecule has 1 unspecified atom stereocenters. The van der Waals surface area contributed by atoms with E-state index in [-0.39, 0.29) is 24.3 Å². The molecule has 21 heavy (non-hydrogen) atoms. The number of hydrogen-bond acceptors (Lipinski definition) is 3. The molecule has 1 aliphatic rings. The summed E-state index contributed by atoms with van der Waals surface area (Å²) in [4.78, 5) is 25.0. The van der Waals surface area contributed by atoms with Crippen LogP contribution in [-0.4, -0.2) is 29.5 Å². The zero-order valence-corrected chi connectivity index (χ0v) is 13.2. The van der Waals surface area contributed by atoms with Gasteiger partial charge in [-0.2, -0.15) is 5.10 Å². The van der Waals surface area contributed by atoms with Crippen molar-refractivity contribution in [3.05, 3.63) is 33.8 Å². The number of hydrazone groups is 1. The first-order valence-electron chi connectivity index (χ1n) is 6.47. The third-order valence-electron chi connectivity index (χ3n) is 3.47. The van der Waals surface area contributed by atoms with Crippen molar-refractivity contribution in [3.63, 3.8) is 0 Å². The molecule has 1 atom stereocenters. The van der Waals surface area contributed by atoms with Crippen molar-refractivity contribution in [3.8, 4) is 0 Å². The van der Waals surface area contributed by atoms with Crippen LogP contribution in [0.15, 0.2) is 23.3 Å². The summed E-state index contributed by atoms with van der Waals surface area (Å²) < 4.78 is 0. The van der Waals surface area contributed by atoms with Gasteiger partial charge in [0.2, 0.25) is 5.91 Å². The van der Waals surface area contributed by atoms with Crippen molar-refractivity contribution in [1.29, 1.82) is 0 Å². The number of carbonyl (C=O) groups excluding carboxylic acids is 2. The fourth-order valence-corrected chi connectivity index (χ4v) is 2.62. The van der Waals surface area contributed by atoms with Crippen LogP contribution in [0.25, 0.3) is 0 Å². The molecule has 0 bridgehead atoms. The van der Waals surface area contributed by atoms with Gasteiger partial charge in [-0.1, -0.05) is 29.3 Å². The van der Waals surface area contributed by atoms with E-state index in [9.17, 15) is 9.59 Å². The minimum Gasteiger partial charge on any atom is -0.334 e. The smallest absolute Gasteiger partial charge is 0.270 e. The SMILES string of the molecule is CC(c1ccc(Cl)cc1Cl)N(C)C(=O)C1=NNC(=O)CC1. The lowest BCUT2D eigenvalue weighted by Crippen LogP contribution is -2.39. The first-order chi connectivity index (χ1) is 9.90. The molecule has 0 spiro atoms. The van der Waals surface area contributed by atoms with Crippen LogP contribution in [0.3, 0.4) is 0 Å². The van der Waals surface area contributed by atoms with Crippen molar-refractivity contribution >= 4 is 40.7 Å². The molecule has 112 valence electrons. The molecule has 7 heteroatoms. The van der Waals surface area contributed by atoms with E-state index in [1.807, 2.05) is 6.92 Å². The molecule has 1 aromatic rings. The highest BCUT2D eigenvalue weighted by Gasteiger charge is 2.25. The maximum absolute atomic E-state index is 12.4. The Kier molecular flexibility index (Phi) is 4.85. The summed E-state index contributed by atoms with van der Waals surface area (Å²) in [6.07, 6.45) is 0.616. The molecule has 1 aliphatic heterocycles. The van der Waals surface area contributed by atoms with E-state index in [0.29, 0.717) is 22.2 Å². The lowest BCUT2D eigenvalue weighted by Gasteiger charge is -2.27. The second-order valence-electron chi connectivity index (χ2n) is 4.85. The van der Waals surface area contributed by atoms with Crippen LogP contribution < -0.4 is 5.43 Å². The Morgan fingerprint density at radius 3 is 2.67 bits per heavy atom. The van der Waals surface area contributed by atoms with Gasteiger partial charge in [0, 0.05) is 29.9 Å². The summed E-state index contributed by atoms with van der Waals surface area (Å²) in [5.74, 6) is -0.406. The summed E-state index contributed by atoms with van der Waals surface area (Å²) in [7, 11) is 1.68. The number of halogens is 2. The monoisotopic (exact) mass is 327 g/mol. The maximum Gasteiger partial charge on any atom is 0.270 e. The van der Waals surface area contributed by atoms with E-state index < -0.39 is 0 Å². The molecule has 0 saturated carbocycles. The average Bonchev–Trinajstić information content (AvgIpc) is 2.46. The lowest BCUT2D eigenvalue weighted by molar-refractivity contribution is -0.125. The minimum absolute atomic E-state index is 0.178. The fraction of sp³-hybridized carbons (Fsp3) is 0.357. The van der Waals surface area contributed by atoms with Gasteiger partial charge in [-0.3, -0.25) is 9.59 Å². The topological polar surface area (TPSA) is 61.8 Å². The zero-order chi connectivity index (χ0) is 15.6. The molecule has 0 aromatic heterocycles. The van der Waals surface area contributed by atoms with Gasteiger partial charge < -0.3 is 4.90 Å². The predicted molar refractivity (Wildman–Crippen MR) is 82.5 cm³/mol. The lowest BCUT2D eigenvalue weighted by atomic mass is 10.1. The molecule has 0 aliphatic carbocycles. The van der Waals surface area contributed by atoms with Crippen LogP contribution in [0.2, 0.25) is 10.0 Å². The first-order valence-corrected chi connectivity index (χ1v) is 7.23. The summed E-state index contributed by atoms with van der Waals surface area (Å²) >= 11 is 12.0. The Morgan fingerprint density at radius 2 is 2.10 bits per heavy atom. The highest BCUT2D eigenvalue weighted by atomic mass is 35.5. The van der Waals surface area contributed by atoms with E-state index in [1.165, 1.54) is 0 Å². The molecule has 2 amide bonds. The first kappa shape index (κ1) is 15.8. The van der Waals surface area contributed by atoms with Crippen LogP contribution in [0.1, 0.15) is 31.4 Å². The van der Waals surface area contributed by atoms with E-state index in [1.54, 1.807) is 30.1 Å². The quantitative estimate of drug-likeness (QED) is 0.927. The molecular weight excluding hydrogens is 313 g/mol. The number of carbonyl (C=O) groups is 2. The van der Waals surface area contributed by atoms with Gasteiger partial charge in [0.15, 0.2) is 0 Å². The van der Waals surface area contributed by atoms with Gasteiger partial charge in [0.25, 0.3) is 5.91 Å². The summed E-state index contributed by atoms with van der Waals surface area (Å²) in [6, 6.07) is 4.94. The molecule has 1 aromatic carbocycles. The molecule has 5 nitrogen and oxygen atoms in total. The minimum atomic E-state index is -0.234. The van der Waals surface area contributed by atoms with Gasteiger partial charge in [-0.25, -0.2) is 5.43 Å². The summed E-state index contributed by atoms with van der Waals surface area (Å²) in [5.41, 5.74) is 3.47. The van der Waals surface area contributed by atoms with Crippen molar-refractivity contribution in [1.82, 2.24) is 10.3 Å². The molecule has 1 N–H and O–H groups in total. The highest BCUT2D eigenvalue weighted by molar-refractivity contribution is 6.39. The standard InChI is InChI=1S/C14H15Cl2N3O2/c1-8(10-4-3-9(15)7-11(10)16)19(2)14(21)12-5-6-13(20)18-17-12/h3-4,7-8H,5-6H2,1-2H3,(H,18,20). The number of hydrogen-bond donors (Lipinski definition) is 1. The van der Waals surface area contributed by atoms with Gasteiger partial charge in [0.1, 0.15) is 5.71 Å². The second-order valence-corrected chi connectivity index (χ2v) is 5.69. The zero-order valence-electron chi connectivity index (χ0n) is 11.7. The van der Waals surface area contributed by atoms with Gasteiger partial charge in [-0.05, 0) is 24.6 Å². The Balaban J connectivity index is 2.17. The molecule has 2 rings (SSSR count). The number of nitrogens with zero attached hydrogens (tertiary/aromatic N) is 2.